The maximum Gasteiger partial charge on any atom is 0.222 e. The second-order valence-electron chi connectivity index (χ2n) is 7.97. The van der Waals surface area contributed by atoms with Gasteiger partial charge in [-0.1, -0.05) is 23.7 Å². The number of nitrogens with one attached hydrogen (secondary N) is 1. The number of fused-ring (bicyclic) bond motifs is 2. The molecule has 1 N–H and O–H groups in total. The molecule has 1 amide bonds. The summed E-state index contributed by atoms with van der Waals surface area (Å²) in [4.78, 5) is 17.2. The van der Waals surface area contributed by atoms with Crippen LogP contribution in [0, 0.1) is 5.92 Å². The van der Waals surface area contributed by atoms with Crippen LogP contribution in [0.1, 0.15) is 37.7 Å². The van der Waals surface area contributed by atoms with E-state index in [1.54, 1.807) is 0 Å². The molecular formula is C20H30Cl3N3O. The van der Waals surface area contributed by atoms with E-state index in [9.17, 15) is 4.79 Å². The van der Waals surface area contributed by atoms with Crippen LogP contribution in [-0.2, 0) is 11.3 Å². The lowest BCUT2D eigenvalue weighted by Gasteiger charge is -2.36. The Kier molecular flexibility index (Phi) is 8.70. The van der Waals surface area contributed by atoms with Gasteiger partial charge >= 0.3 is 0 Å². The summed E-state index contributed by atoms with van der Waals surface area (Å²) in [6.07, 6.45) is 5.74. The van der Waals surface area contributed by atoms with Crippen molar-refractivity contribution in [2.75, 3.05) is 26.2 Å². The lowest BCUT2D eigenvalue weighted by atomic mass is 9.89. The lowest BCUT2D eigenvalue weighted by Crippen LogP contribution is -2.49. The highest BCUT2D eigenvalue weighted by atomic mass is 35.5. The Labute approximate surface area is 179 Å². The highest BCUT2D eigenvalue weighted by Gasteiger charge is 2.35. The van der Waals surface area contributed by atoms with Gasteiger partial charge in [-0.15, -0.1) is 24.8 Å². The molecule has 3 aliphatic heterocycles. The van der Waals surface area contributed by atoms with Crippen LogP contribution in [-0.4, -0.2) is 54.0 Å². The van der Waals surface area contributed by atoms with E-state index < -0.39 is 0 Å². The first-order chi connectivity index (χ1) is 12.2. The summed E-state index contributed by atoms with van der Waals surface area (Å²) >= 11 is 6.07. The van der Waals surface area contributed by atoms with Gasteiger partial charge in [-0.2, -0.15) is 0 Å². The summed E-state index contributed by atoms with van der Waals surface area (Å²) < 4.78 is 0. The zero-order chi connectivity index (χ0) is 17.2. The molecule has 2 bridgehead atoms. The van der Waals surface area contributed by atoms with Crippen molar-refractivity contribution in [3.63, 3.8) is 0 Å². The summed E-state index contributed by atoms with van der Waals surface area (Å²) in [5.41, 5.74) is 1.25. The van der Waals surface area contributed by atoms with E-state index in [0.29, 0.717) is 23.9 Å². The number of piperidine rings is 1. The predicted octanol–water partition coefficient (Wildman–Crippen LogP) is 3.75. The molecule has 4 nitrogen and oxygen atoms in total. The average molecular weight is 435 g/mol. The monoisotopic (exact) mass is 433 g/mol. The summed E-state index contributed by atoms with van der Waals surface area (Å²) in [6.45, 7) is 4.54. The SMILES string of the molecule is Cl.Cl.O=C(CC1CC2CCC(C1)N2)N1CCN(Cc2cccc(Cl)c2)CC1. The molecule has 0 saturated carbocycles. The van der Waals surface area contributed by atoms with E-state index in [2.05, 4.69) is 21.2 Å². The van der Waals surface area contributed by atoms with Gasteiger partial charge in [0.2, 0.25) is 5.91 Å². The van der Waals surface area contributed by atoms with Crippen molar-refractivity contribution < 1.29 is 4.79 Å². The van der Waals surface area contributed by atoms with Crippen LogP contribution in [0.4, 0.5) is 0 Å². The predicted molar refractivity (Wildman–Crippen MR) is 115 cm³/mol. The van der Waals surface area contributed by atoms with E-state index >= 15 is 0 Å². The van der Waals surface area contributed by atoms with Gasteiger partial charge in [0.25, 0.3) is 0 Å². The number of carbonyl (C=O) groups excluding carboxylic acids is 1. The Balaban J connectivity index is 0.00000131. The molecule has 3 fully saturated rings. The summed E-state index contributed by atoms with van der Waals surface area (Å²) in [5.74, 6) is 0.962. The molecule has 3 aliphatic rings. The molecule has 3 saturated heterocycles. The highest BCUT2D eigenvalue weighted by molar-refractivity contribution is 6.30. The zero-order valence-corrected chi connectivity index (χ0v) is 18.0. The topological polar surface area (TPSA) is 35.6 Å². The molecule has 0 aliphatic carbocycles. The second-order valence-corrected chi connectivity index (χ2v) is 8.40. The molecule has 1 aromatic rings. The van der Waals surface area contributed by atoms with E-state index in [1.807, 2.05) is 18.2 Å². The van der Waals surface area contributed by atoms with Gasteiger partial charge in [0.15, 0.2) is 0 Å². The Morgan fingerprint density at radius 1 is 1.07 bits per heavy atom. The number of carbonyl (C=O) groups is 1. The number of amides is 1. The minimum atomic E-state index is 0. The zero-order valence-electron chi connectivity index (χ0n) is 15.6. The van der Waals surface area contributed by atoms with Crippen molar-refractivity contribution in [2.45, 2.75) is 50.7 Å². The molecular weight excluding hydrogens is 405 g/mol. The summed E-state index contributed by atoms with van der Waals surface area (Å²) in [5, 5.41) is 4.46. The van der Waals surface area contributed by atoms with Crippen LogP contribution in [0.3, 0.4) is 0 Å². The quantitative estimate of drug-likeness (QED) is 0.784. The molecule has 0 aromatic heterocycles. The van der Waals surface area contributed by atoms with Crippen LogP contribution in [0.25, 0.3) is 0 Å². The third-order valence-corrected chi connectivity index (χ3v) is 6.29. The number of benzene rings is 1. The van der Waals surface area contributed by atoms with E-state index in [0.717, 1.165) is 44.2 Å². The first-order valence-electron chi connectivity index (χ1n) is 9.66. The maximum atomic E-state index is 12.7. The standard InChI is InChI=1S/C20H28ClN3O.2ClH/c21-17-3-1-2-15(10-17)14-23-6-8-24(9-7-23)20(25)13-16-11-18-4-5-19(12-16)22-18;;/h1-3,10,16,18-19,22H,4-9,11-14H2;2*1H. The molecule has 1 aromatic carbocycles. The van der Waals surface area contributed by atoms with Gasteiger partial charge < -0.3 is 10.2 Å². The molecule has 2 atom stereocenters. The van der Waals surface area contributed by atoms with Gasteiger partial charge in [-0.3, -0.25) is 9.69 Å². The Morgan fingerprint density at radius 2 is 1.74 bits per heavy atom. The minimum absolute atomic E-state index is 0. The van der Waals surface area contributed by atoms with Crippen molar-refractivity contribution in [1.82, 2.24) is 15.1 Å². The van der Waals surface area contributed by atoms with Crippen molar-refractivity contribution in [3.8, 4) is 0 Å². The number of halogens is 3. The van der Waals surface area contributed by atoms with Crippen LogP contribution in [0.15, 0.2) is 24.3 Å². The first-order valence-corrected chi connectivity index (χ1v) is 10.0. The summed E-state index contributed by atoms with van der Waals surface area (Å²) in [7, 11) is 0. The number of hydrogen-bond donors (Lipinski definition) is 1. The normalized spacial score (nSPS) is 27.6. The molecule has 0 spiro atoms. The largest absolute Gasteiger partial charge is 0.340 e. The number of piperazine rings is 1. The molecule has 4 rings (SSSR count). The Bertz CT molecular complexity index is 610. The van der Waals surface area contributed by atoms with E-state index in [4.69, 9.17) is 11.6 Å². The first kappa shape index (κ1) is 22.8. The van der Waals surface area contributed by atoms with Crippen molar-refractivity contribution in [3.05, 3.63) is 34.9 Å². The van der Waals surface area contributed by atoms with Crippen LogP contribution >= 0.6 is 36.4 Å². The minimum Gasteiger partial charge on any atom is -0.340 e. The van der Waals surface area contributed by atoms with Gasteiger partial charge in [0.05, 0.1) is 0 Å². The number of nitrogens with zero attached hydrogens (tertiary/aromatic N) is 2. The molecule has 2 unspecified atom stereocenters. The number of hydrogen-bond acceptors (Lipinski definition) is 3. The molecule has 3 heterocycles. The van der Waals surface area contributed by atoms with Gasteiger partial charge in [0.1, 0.15) is 0 Å². The second kappa shape index (κ2) is 10.3. The summed E-state index contributed by atoms with van der Waals surface area (Å²) in [6, 6.07) is 9.41. The van der Waals surface area contributed by atoms with Crippen molar-refractivity contribution in [1.29, 1.82) is 0 Å². The van der Waals surface area contributed by atoms with Crippen LogP contribution < -0.4 is 5.32 Å². The third-order valence-electron chi connectivity index (χ3n) is 6.05. The van der Waals surface area contributed by atoms with E-state index in [1.165, 1.54) is 31.2 Å². The lowest BCUT2D eigenvalue weighted by molar-refractivity contribution is -0.134. The van der Waals surface area contributed by atoms with Crippen molar-refractivity contribution >= 4 is 42.3 Å². The van der Waals surface area contributed by atoms with Crippen molar-refractivity contribution in [2.24, 2.45) is 5.92 Å². The molecule has 152 valence electrons. The smallest absolute Gasteiger partial charge is 0.222 e. The maximum absolute atomic E-state index is 12.7. The molecule has 7 heteroatoms. The highest BCUT2D eigenvalue weighted by Crippen LogP contribution is 2.33. The number of rotatable bonds is 4. The molecule has 27 heavy (non-hydrogen) atoms. The molecule has 0 radical (unpaired) electrons. The fraction of sp³-hybridized carbons (Fsp3) is 0.650. The Hall–Kier alpha value is -0.520. The van der Waals surface area contributed by atoms with E-state index in [-0.39, 0.29) is 24.8 Å². The third kappa shape index (κ3) is 5.98. The van der Waals surface area contributed by atoms with Gasteiger partial charge in [-0.25, -0.2) is 0 Å². The van der Waals surface area contributed by atoms with Crippen LogP contribution in [0.2, 0.25) is 5.02 Å². The average Bonchev–Trinajstić information content (AvgIpc) is 2.94. The van der Waals surface area contributed by atoms with Gasteiger partial charge in [0, 0.05) is 56.3 Å². The fourth-order valence-electron chi connectivity index (χ4n) is 4.77. The Morgan fingerprint density at radius 3 is 2.37 bits per heavy atom. The van der Waals surface area contributed by atoms with Crippen LogP contribution in [0.5, 0.6) is 0 Å². The van der Waals surface area contributed by atoms with Gasteiger partial charge in [-0.05, 0) is 49.3 Å². The fourth-order valence-corrected chi connectivity index (χ4v) is 4.98.